The van der Waals surface area contributed by atoms with Crippen LogP contribution >= 0.6 is 0 Å². The first-order valence-corrected chi connectivity index (χ1v) is 6.59. The summed E-state index contributed by atoms with van der Waals surface area (Å²) in [6, 6.07) is 0. The molecule has 0 amide bonds. The number of hydrogen-bond acceptors (Lipinski definition) is 3. The Kier molecular flexibility index (Phi) is 7.41. The highest BCUT2D eigenvalue weighted by molar-refractivity contribution is 7.85. The van der Waals surface area contributed by atoms with E-state index in [1.807, 2.05) is 13.8 Å². The minimum Gasteiger partial charge on any atom is -0.376 e. The van der Waals surface area contributed by atoms with Gasteiger partial charge in [-0.1, -0.05) is 20.8 Å². The van der Waals surface area contributed by atoms with E-state index < -0.39 is 10.8 Å². The van der Waals surface area contributed by atoms with Crippen LogP contribution in [-0.2, 0) is 15.5 Å². The van der Waals surface area contributed by atoms with Crippen molar-refractivity contribution < 1.29 is 8.95 Å². The van der Waals surface area contributed by atoms with E-state index in [1.54, 1.807) is 0 Å². The lowest BCUT2D eigenvalue weighted by Crippen LogP contribution is -2.33. The van der Waals surface area contributed by atoms with Crippen molar-refractivity contribution in [3.63, 3.8) is 0 Å². The number of nitrogens with two attached hydrogens (primary N) is 1. The van der Waals surface area contributed by atoms with Gasteiger partial charge in [0, 0.05) is 29.2 Å². The largest absolute Gasteiger partial charge is 0.376 e. The fourth-order valence-electron chi connectivity index (χ4n) is 1.06. The molecule has 0 aliphatic heterocycles. The normalized spacial score (nSPS) is 18.1. The van der Waals surface area contributed by atoms with Crippen LogP contribution in [0.25, 0.3) is 0 Å². The molecule has 0 saturated heterocycles. The van der Waals surface area contributed by atoms with Crippen molar-refractivity contribution in [3.05, 3.63) is 0 Å². The molecule has 3 unspecified atom stereocenters. The number of hydrogen-bond donors (Lipinski definition) is 1. The summed E-state index contributed by atoms with van der Waals surface area (Å²) in [5, 5.41) is 0.213. The molecule has 14 heavy (non-hydrogen) atoms. The zero-order chi connectivity index (χ0) is 11.1. The first-order valence-electron chi connectivity index (χ1n) is 5.21. The zero-order valence-corrected chi connectivity index (χ0v) is 10.5. The van der Waals surface area contributed by atoms with E-state index in [0.29, 0.717) is 24.8 Å². The van der Waals surface area contributed by atoms with Crippen molar-refractivity contribution in [2.75, 3.05) is 18.9 Å². The molecule has 0 fully saturated rings. The predicted molar refractivity (Wildman–Crippen MR) is 61.8 cm³/mol. The van der Waals surface area contributed by atoms with E-state index in [0.717, 1.165) is 0 Å². The Morgan fingerprint density at radius 2 is 1.93 bits per heavy atom. The van der Waals surface area contributed by atoms with Gasteiger partial charge >= 0.3 is 0 Å². The summed E-state index contributed by atoms with van der Waals surface area (Å²) < 4.78 is 17.2. The van der Waals surface area contributed by atoms with Crippen LogP contribution in [0.15, 0.2) is 0 Å². The molecule has 0 spiro atoms. The molecule has 0 saturated carbocycles. The second kappa shape index (κ2) is 7.37. The van der Waals surface area contributed by atoms with E-state index in [2.05, 4.69) is 13.8 Å². The van der Waals surface area contributed by atoms with E-state index in [4.69, 9.17) is 10.5 Å². The van der Waals surface area contributed by atoms with Gasteiger partial charge in [-0.05, 0) is 12.8 Å². The molecule has 0 bridgehead atoms. The molecule has 0 aliphatic rings. The van der Waals surface area contributed by atoms with E-state index in [1.165, 1.54) is 0 Å². The van der Waals surface area contributed by atoms with Crippen LogP contribution in [-0.4, -0.2) is 34.5 Å². The molecule has 0 rings (SSSR count). The van der Waals surface area contributed by atoms with Gasteiger partial charge < -0.3 is 10.5 Å². The smallest absolute Gasteiger partial charge is 0.0812 e. The molecule has 3 nitrogen and oxygen atoms in total. The minimum atomic E-state index is -0.831. The highest BCUT2D eigenvalue weighted by Crippen LogP contribution is 2.10. The van der Waals surface area contributed by atoms with Gasteiger partial charge in [0.2, 0.25) is 0 Å². The van der Waals surface area contributed by atoms with Crippen molar-refractivity contribution in [3.8, 4) is 0 Å². The van der Waals surface area contributed by atoms with Gasteiger partial charge in [0.05, 0.1) is 11.9 Å². The summed E-state index contributed by atoms with van der Waals surface area (Å²) in [6.45, 7) is 9.19. The molecular weight excluding hydrogens is 198 g/mol. The minimum absolute atomic E-state index is 0.0537. The standard InChI is InChI=1S/C10H23NO2S/c1-5-13-10(6-11)7-14(12)9(4)8(2)3/h8-10H,5-7,11H2,1-4H3. The van der Waals surface area contributed by atoms with Crippen LogP contribution in [0.5, 0.6) is 0 Å². The average Bonchev–Trinajstić information content (AvgIpc) is 2.15. The summed E-state index contributed by atoms with van der Waals surface area (Å²) in [5.41, 5.74) is 5.52. The van der Waals surface area contributed by atoms with Crippen LogP contribution < -0.4 is 5.73 Å². The lowest BCUT2D eigenvalue weighted by atomic mass is 10.2. The molecule has 2 N–H and O–H groups in total. The monoisotopic (exact) mass is 221 g/mol. The quantitative estimate of drug-likeness (QED) is 0.701. The highest BCUT2D eigenvalue weighted by Gasteiger charge is 2.18. The SMILES string of the molecule is CCOC(CN)CS(=O)C(C)C(C)C. The molecule has 86 valence electrons. The Morgan fingerprint density at radius 3 is 2.29 bits per heavy atom. The lowest BCUT2D eigenvalue weighted by molar-refractivity contribution is 0.0851. The molecular formula is C10H23NO2S. The summed E-state index contributed by atoms with van der Waals surface area (Å²) >= 11 is 0. The number of ether oxygens (including phenoxy) is 1. The Bertz CT molecular complexity index is 174. The zero-order valence-electron chi connectivity index (χ0n) is 9.66. The summed E-state index contributed by atoms with van der Waals surface area (Å²) in [4.78, 5) is 0. The van der Waals surface area contributed by atoms with Gasteiger partial charge in [-0.2, -0.15) is 0 Å². The van der Waals surface area contributed by atoms with E-state index in [-0.39, 0.29) is 11.4 Å². The molecule has 0 aliphatic carbocycles. The van der Waals surface area contributed by atoms with Gasteiger partial charge in [0.1, 0.15) is 0 Å². The maximum atomic E-state index is 11.8. The molecule has 4 heteroatoms. The van der Waals surface area contributed by atoms with E-state index >= 15 is 0 Å². The summed E-state index contributed by atoms with van der Waals surface area (Å²) in [5.74, 6) is 1.000. The average molecular weight is 221 g/mol. The van der Waals surface area contributed by atoms with Gasteiger partial charge in [-0.3, -0.25) is 4.21 Å². The van der Waals surface area contributed by atoms with Crippen molar-refractivity contribution in [2.24, 2.45) is 11.7 Å². The van der Waals surface area contributed by atoms with Crippen molar-refractivity contribution in [1.82, 2.24) is 0 Å². The molecule has 0 aromatic rings. The lowest BCUT2D eigenvalue weighted by Gasteiger charge is -2.19. The van der Waals surface area contributed by atoms with Crippen molar-refractivity contribution >= 4 is 10.8 Å². The maximum absolute atomic E-state index is 11.8. The van der Waals surface area contributed by atoms with Crippen LogP contribution in [0.2, 0.25) is 0 Å². The second-order valence-corrected chi connectivity index (χ2v) is 5.65. The molecule has 0 aromatic carbocycles. The van der Waals surface area contributed by atoms with Crippen LogP contribution in [0, 0.1) is 5.92 Å². The summed E-state index contributed by atoms with van der Waals surface area (Å²) in [6.07, 6.45) is -0.0537. The predicted octanol–water partition coefficient (Wildman–Crippen LogP) is 1.14. The molecule has 0 aromatic heterocycles. The molecule has 3 atom stereocenters. The first-order chi connectivity index (χ1) is 6.52. The van der Waals surface area contributed by atoms with Crippen LogP contribution in [0.1, 0.15) is 27.7 Å². The Hall–Kier alpha value is 0.0700. The third-order valence-corrected chi connectivity index (χ3v) is 4.44. The third kappa shape index (κ3) is 5.08. The van der Waals surface area contributed by atoms with Crippen molar-refractivity contribution in [1.29, 1.82) is 0 Å². The van der Waals surface area contributed by atoms with Gasteiger partial charge in [-0.15, -0.1) is 0 Å². The topological polar surface area (TPSA) is 52.3 Å². The molecule has 0 heterocycles. The molecule has 0 radical (unpaired) electrons. The fraction of sp³-hybridized carbons (Fsp3) is 1.00. The first kappa shape index (κ1) is 14.1. The summed E-state index contributed by atoms with van der Waals surface area (Å²) in [7, 11) is -0.831. The van der Waals surface area contributed by atoms with Crippen molar-refractivity contribution in [2.45, 2.75) is 39.0 Å². The van der Waals surface area contributed by atoms with Gasteiger partial charge in [0.25, 0.3) is 0 Å². The number of rotatable bonds is 7. The Balaban J connectivity index is 4.01. The maximum Gasteiger partial charge on any atom is 0.0812 e. The Morgan fingerprint density at radius 1 is 1.36 bits per heavy atom. The van der Waals surface area contributed by atoms with E-state index in [9.17, 15) is 4.21 Å². The van der Waals surface area contributed by atoms with Crippen LogP contribution in [0.4, 0.5) is 0 Å². The van der Waals surface area contributed by atoms with Gasteiger partial charge in [-0.25, -0.2) is 0 Å². The second-order valence-electron chi connectivity index (χ2n) is 3.81. The fourth-order valence-corrected chi connectivity index (χ4v) is 2.57. The van der Waals surface area contributed by atoms with Crippen LogP contribution in [0.3, 0.4) is 0 Å². The van der Waals surface area contributed by atoms with Gasteiger partial charge in [0.15, 0.2) is 0 Å². The highest BCUT2D eigenvalue weighted by atomic mass is 32.2. The third-order valence-electron chi connectivity index (χ3n) is 2.37. The Labute approximate surface area is 89.9 Å².